The van der Waals surface area contributed by atoms with Crippen molar-refractivity contribution < 1.29 is 9.59 Å². The molecule has 212 valence electrons. The third-order valence-corrected chi connectivity index (χ3v) is 8.02. The maximum absolute atomic E-state index is 12.9. The lowest BCUT2D eigenvalue weighted by molar-refractivity contribution is -0.121. The molecule has 1 aromatic carbocycles. The second-order valence-electron chi connectivity index (χ2n) is 10.9. The van der Waals surface area contributed by atoms with Gasteiger partial charge in [0.1, 0.15) is 17.3 Å². The van der Waals surface area contributed by atoms with Gasteiger partial charge in [-0.15, -0.1) is 0 Å². The zero-order valence-corrected chi connectivity index (χ0v) is 23.2. The number of anilines is 2. The number of nitrogens with two attached hydrogens (primary N) is 1. The summed E-state index contributed by atoms with van der Waals surface area (Å²) in [4.78, 5) is 34.1. The number of allylic oxidation sites excluding steroid dienone is 1. The summed E-state index contributed by atoms with van der Waals surface area (Å²) in [6, 6.07) is 12.5. The Morgan fingerprint density at radius 2 is 1.98 bits per heavy atom. The van der Waals surface area contributed by atoms with E-state index >= 15 is 0 Å². The van der Waals surface area contributed by atoms with Crippen LogP contribution in [0.1, 0.15) is 78.9 Å². The van der Waals surface area contributed by atoms with Crippen molar-refractivity contribution in [2.24, 2.45) is 0 Å². The van der Waals surface area contributed by atoms with Crippen LogP contribution in [-0.2, 0) is 4.79 Å². The average molecular weight is 561 g/mol. The summed E-state index contributed by atoms with van der Waals surface area (Å²) in [5.74, 6) is 0.503. The van der Waals surface area contributed by atoms with Crippen LogP contribution < -0.4 is 16.4 Å². The number of hydrogen-bond donors (Lipinski definition) is 3. The summed E-state index contributed by atoms with van der Waals surface area (Å²) < 4.78 is 2.07. The summed E-state index contributed by atoms with van der Waals surface area (Å²) in [5, 5.41) is 21.0. The topological polar surface area (TPSA) is 152 Å². The third-order valence-electron chi connectivity index (χ3n) is 8.02. The molecule has 0 radical (unpaired) electrons. The zero-order chi connectivity index (χ0) is 29.1. The molecule has 0 saturated heterocycles. The van der Waals surface area contributed by atoms with Crippen LogP contribution in [0.15, 0.2) is 54.9 Å². The quantitative estimate of drug-likeness (QED) is 0.304. The smallest absolute Gasteiger partial charge is 0.256 e. The fourth-order valence-corrected chi connectivity index (χ4v) is 5.89. The lowest BCUT2D eigenvalue weighted by atomic mass is 10.0. The number of hydrogen-bond acceptors (Lipinski definition) is 7. The Labute approximate surface area is 243 Å². The lowest BCUT2D eigenvalue weighted by Gasteiger charge is -2.15. The monoisotopic (exact) mass is 560 g/mol. The SMILES string of the molecule is N#Cc1ccnc(NC(=O)c2ccc(-c3nn4c5c(cnc(N)c35)/C=C/CCCCCC(=O)N[C@@H]3CC[C@@H]4C3)cc2)c1. The van der Waals surface area contributed by atoms with Crippen LogP contribution in [0.2, 0.25) is 0 Å². The molecular weight excluding hydrogens is 528 g/mol. The molecule has 6 rings (SSSR count). The number of nitriles is 1. The summed E-state index contributed by atoms with van der Waals surface area (Å²) in [7, 11) is 0. The molecule has 0 unspecified atom stereocenters. The van der Waals surface area contributed by atoms with Crippen molar-refractivity contribution in [3.8, 4) is 17.3 Å². The van der Waals surface area contributed by atoms with Gasteiger partial charge in [-0.05, 0) is 62.8 Å². The highest BCUT2D eigenvalue weighted by molar-refractivity contribution is 6.06. The zero-order valence-electron chi connectivity index (χ0n) is 23.2. The molecule has 2 bridgehead atoms. The first kappa shape index (κ1) is 27.1. The van der Waals surface area contributed by atoms with Crippen LogP contribution in [0.4, 0.5) is 11.6 Å². The van der Waals surface area contributed by atoms with Gasteiger partial charge in [0.15, 0.2) is 0 Å². The first-order valence-corrected chi connectivity index (χ1v) is 14.4. The van der Waals surface area contributed by atoms with Gasteiger partial charge in [0.25, 0.3) is 5.91 Å². The van der Waals surface area contributed by atoms with E-state index in [0.717, 1.165) is 67.0 Å². The number of carbonyl (C=O) groups is 2. The maximum atomic E-state index is 12.9. The fraction of sp³-hybridized carbons (Fsp3) is 0.312. The van der Waals surface area contributed by atoms with Crippen LogP contribution in [0, 0.1) is 11.3 Å². The number of nitrogens with zero attached hydrogens (tertiary/aromatic N) is 5. The fourth-order valence-electron chi connectivity index (χ4n) is 5.89. The van der Waals surface area contributed by atoms with Crippen molar-refractivity contribution in [2.45, 2.75) is 63.5 Å². The average Bonchev–Trinajstić information content (AvgIpc) is 3.63. The maximum Gasteiger partial charge on any atom is 0.256 e. The number of amides is 2. The molecular formula is C32H32N8O2. The van der Waals surface area contributed by atoms with Crippen molar-refractivity contribution in [1.82, 2.24) is 25.1 Å². The Balaban J connectivity index is 1.36. The van der Waals surface area contributed by atoms with E-state index in [1.165, 1.54) is 12.3 Å². The first-order chi connectivity index (χ1) is 20.5. The van der Waals surface area contributed by atoms with Crippen LogP contribution in [-0.4, -0.2) is 37.6 Å². The van der Waals surface area contributed by atoms with Crippen molar-refractivity contribution in [1.29, 1.82) is 5.26 Å². The van der Waals surface area contributed by atoms with E-state index in [4.69, 9.17) is 16.1 Å². The van der Waals surface area contributed by atoms with E-state index in [1.807, 2.05) is 24.4 Å². The minimum atomic E-state index is -0.333. The molecule has 4 aromatic rings. The molecule has 42 heavy (non-hydrogen) atoms. The highest BCUT2D eigenvalue weighted by Crippen LogP contribution is 2.39. The summed E-state index contributed by atoms with van der Waals surface area (Å²) in [5.41, 5.74) is 10.8. The number of aromatic nitrogens is 4. The van der Waals surface area contributed by atoms with E-state index < -0.39 is 0 Å². The summed E-state index contributed by atoms with van der Waals surface area (Å²) >= 11 is 0. The minimum Gasteiger partial charge on any atom is -0.383 e. The Kier molecular flexibility index (Phi) is 7.64. The number of fused-ring (bicyclic) bond motifs is 3. The second kappa shape index (κ2) is 11.8. The molecule has 4 N–H and O–H groups in total. The summed E-state index contributed by atoms with van der Waals surface area (Å²) in [6.45, 7) is 0. The minimum absolute atomic E-state index is 0.104. The lowest BCUT2D eigenvalue weighted by Crippen LogP contribution is -2.32. The molecule has 0 spiro atoms. The number of rotatable bonds is 3. The Bertz CT molecular complexity index is 1720. The predicted octanol–water partition coefficient (Wildman–Crippen LogP) is 5.39. The van der Waals surface area contributed by atoms with E-state index in [2.05, 4.69) is 37.4 Å². The van der Waals surface area contributed by atoms with E-state index in [9.17, 15) is 9.59 Å². The Morgan fingerprint density at radius 1 is 1.12 bits per heavy atom. The second-order valence-corrected chi connectivity index (χ2v) is 10.9. The van der Waals surface area contributed by atoms with Crippen LogP contribution in [0.3, 0.4) is 0 Å². The highest BCUT2D eigenvalue weighted by atomic mass is 16.2. The van der Waals surface area contributed by atoms with E-state index in [-0.39, 0.29) is 23.9 Å². The molecule has 2 amide bonds. The van der Waals surface area contributed by atoms with Crippen molar-refractivity contribution in [3.63, 3.8) is 0 Å². The van der Waals surface area contributed by atoms with Gasteiger partial charge in [-0.1, -0.05) is 30.7 Å². The number of nitrogen functional groups attached to an aromatic ring is 1. The van der Waals surface area contributed by atoms with Gasteiger partial charge >= 0.3 is 0 Å². The highest BCUT2D eigenvalue weighted by Gasteiger charge is 2.31. The van der Waals surface area contributed by atoms with Crippen molar-refractivity contribution >= 4 is 40.4 Å². The molecule has 1 fully saturated rings. The molecule has 2 atom stereocenters. The van der Waals surface area contributed by atoms with Gasteiger partial charge in [0.05, 0.1) is 28.6 Å². The van der Waals surface area contributed by atoms with Crippen LogP contribution in [0.5, 0.6) is 0 Å². The predicted molar refractivity (Wildman–Crippen MR) is 161 cm³/mol. The third kappa shape index (κ3) is 5.59. The standard InChI is InChI=1S/C32H32N8O2/c33-18-20-14-15-35-26(16-20)38-32(42)22-10-8-21(9-11-22)29-28-30-23(19-36-31(28)34)6-4-2-1-3-5-7-27(41)37-24-12-13-25(17-24)40(30)39-29/h4,6,8-11,14-16,19,24-25H,1-3,5,7,12-13,17H2,(H2,34,36)(H,37,41)(H,35,38,42)/b6-4+/t24-,25-/m1/s1. The molecule has 3 aromatic heterocycles. The molecule has 10 nitrogen and oxygen atoms in total. The van der Waals surface area contributed by atoms with Crippen LogP contribution in [0.25, 0.3) is 28.2 Å². The number of pyridine rings is 2. The largest absolute Gasteiger partial charge is 0.383 e. The number of carbonyl (C=O) groups excluding carboxylic acids is 2. The van der Waals surface area contributed by atoms with E-state index in [0.29, 0.717) is 34.9 Å². The Morgan fingerprint density at radius 3 is 2.81 bits per heavy atom. The van der Waals surface area contributed by atoms with Gasteiger partial charge < -0.3 is 16.4 Å². The van der Waals surface area contributed by atoms with Crippen LogP contribution >= 0.6 is 0 Å². The molecule has 1 saturated carbocycles. The normalized spacial score (nSPS) is 19.7. The number of benzene rings is 1. The van der Waals surface area contributed by atoms with Gasteiger partial charge in [0.2, 0.25) is 5.91 Å². The first-order valence-electron chi connectivity index (χ1n) is 14.4. The molecule has 4 heterocycles. The Hall–Kier alpha value is -5.04. The van der Waals surface area contributed by atoms with Gasteiger partial charge in [-0.25, -0.2) is 9.97 Å². The van der Waals surface area contributed by atoms with E-state index in [1.54, 1.807) is 18.2 Å². The van der Waals surface area contributed by atoms with Gasteiger partial charge in [-0.2, -0.15) is 10.4 Å². The van der Waals surface area contributed by atoms with Crippen molar-refractivity contribution in [2.75, 3.05) is 11.1 Å². The molecule has 10 heteroatoms. The van der Waals surface area contributed by atoms with Gasteiger partial charge in [0, 0.05) is 41.5 Å². The summed E-state index contributed by atoms with van der Waals surface area (Å²) in [6.07, 6.45) is 14.6. The molecule has 2 aliphatic rings. The molecule has 1 aliphatic heterocycles. The molecule has 1 aliphatic carbocycles. The van der Waals surface area contributed by atoms with Crippen molar-refractivity contribution in [3.05, 3.63) is 71.6 Å². The number of nitrogens with one attached hydrogen (secondary N) is 2. The van der Waals surface area contributed by atoms with Gasteiger partial charge in [-0.3, -0.25) is 14.3 Å².